The molecule has 1 aliphatic carbocycles. The molecule has 1 saturated carbocycles. The Morgan fingerprint density at radius 3 is 2.06 bits per heavy atom. The zero-order valence-corrected chi connectivity index (χ0v) is 20.1. The molecule has 0 spiro atoms. The lowest BCUT2D eigenvalue weighted by Crippen LogP contribution is -2.34. The van der Waals surface area contributed by atoms with Gasteiger partial charge in [-0.05, 0) is 49.2 Å². The van der Waals surface area contributed by atoms with Gasteiger partial charge in [-0.1, -0.05) is 25.3 Å². The number of sulfonamides is 2. The number of para-hydroxylation sites is 1. The van der Waals surface area contributed by atoms with Crippen molar-refractivity contribution in [3.63, 3.8) is 0 Å². The molecule has 10 heteroatoms. The lowest BCUT2D eigenvalue weighted by atomic mass is 9.93. The average molecular weight is 477 g/mol. The Kier molecular flexibility index (Phi) is 7.12. The summed E-state index contributed by atoms with van der Waals surface area (Å²) < 4.78 is 54.3. The lowest BCUT2D eigenvalue weighted by molar-refractivity contribution is 0.427. The van der Waals surface area contributed by atoms with Crippen molar-refractivity contribution >= 4 is 31.4 Å². The van der Waals surface area contributed by atoms with E-state index < -0.39 is 20.0 Å². The van der Waals surface area contributed by atoms with Gasteiger partial charge in [0, 0.05) is 27.2 Å². The van der Waals surface area contributed by atoms with Gasteiger partial charge in [0.05, 0.1) is 26.7 Å². The molecule has 0 aliphatic heterocycles. The van der Waals surface area contributed by atoms with Crippen LogP contribution >= 0.6 is 0 Å². The Labute approximate surface area is 190 Å². The van der Waals surface area contributed by atoms with E-state index >= 15 is 0 Å². The standard InChI is InChI=1S/C22H28N4O4S2/c1-25(2)32(29,30)20-14-12-19(13-15-20)31(27,28)24-21-11-7-8-17(16-23)22(21)26(3)18-9-5-4-6-10-18/h7-8,11-15,18,24H,4-6,9-10H2,1-3H3. The van der Waals surface area contributed by atoms with E-state index in [4.69, 9.17) is 0 Å². The fraction of sp³-hybridized carbons (Fsp3) is 0.409. The predicted molar refractivity (Wildman–Crippen MR) is 125 cm³/mol. The minimum atomic E-state index is -4.00. The van der Waals surface area contributed by atoms with Crippen molar-refractivity contribution in [2.24, 2.45) is 0 Å². The highest BCUT2D eigenvalue weighted by molar-refractivity contribution is 7.92. The molecule has 0 amide bonds. The molecular weight excluding hydrogens is 448 g/mol. The number of hydrogen-bond acceptors (Lipinski definition) is 6. The first-order valence-corrected chi connectivity index (χ1v) is 13.3. The molecule has 1 aliphatic rings. The first kappa shape index (κ1) is 24.0. The molecule has 1 N–H and O–H groups in total. The second-order valence-corrected chi connectivity index (χ2v) is 11.9. The molecule has 3 rings (SSSR count). The molecule has 172 valence electrons. The average Bonchev–Trinajstić information content (AvgIpc) is 2.78. The van der Waals surface area contributed by atoms with Crippen LogP contribution in [0.2, 0.25) is 0 Å². The van der Waals surface area contributed by atoms with E-state index in [0.29, 0.717) is 16.9 Å². The summed E-state index contributed by atoms with van der Waals surface area (Å²) in [6, 6.07) is 12.4. The maximum Gasteiger partial charge on any atom is 0.261 e. The largest absolute Gasteiger partial charge is 0.369 e. The van der Waals surface area contributed by atoms with E-state index in [1.54, 1.807) is 18.2 Å². The van der Waals surface area contributed by atoms with Crippen molar-refractivity contribution in [1.82, 2.24) is 4.31 Å². The minimum Gasteiger partial charge on any atom is -0.369 e. The fourth-order valence-electron chi connectivity index (χ4n) is 3.95. The van der Waals surface area contributed by atoms with E-state index in [2.05, 4.69) is 10.8 Å². The van der Waals surface area contributed by atoms with Gasteiger partial charge in [0.2, 0.25) is 10.0 Å². The highest BCUT2D eigenvalue weighted by Gasteiger charge is 2.25. The summed E-state index contributed by atoms with van der Waals surface area (Å²) in [6.45, 7) is 0. The smallest absolute Gasteiger partial charge is 0.261 e. The Morgan fingerprint density at radius 1 is 0.906 bits per heavy atom. The molecule has 0 saturated heterocycles. The number of hydrogen-bond donors (Lipinski definition) is 1. The summed E-state index contributed by atoms with van der Waals surface area (Å²) >= 11 is 0. The van der Waals surface area contributed by atoms with Gasteiger partial charge < -0.3 is 4.90 Å². The molecule has 2 aromatic rings. The van der Waals surface area contributed by atoms with Gasteiger partial charge in [0.25, 0.3) is 10.0 Å². The second kappa shape index (κ2) is 9.48. The lowest BCUT2D eigenvalue weighted by Gasteiger charge is -2.34. The van der Waals surface area contributed by atoms with Crippen molar-refractivity contribution in [3.05, 3.63) is 48.0 Å². The Hall–Kier alpha value is -2.61. The zero-order chi connectivity index (χ0) is 23.5. The third-order valence-electron chi connectivity index (χ3n) is 5.79. The normalized spacial score (nSPS) is 15.3. The topological polar surface area (TPSA) is 111 Å². The van der Waals surface area contributed by atoms with Gasteiger partial charge in [-0.15, -0.1) is 0 Å². The van der Waals surface area contributed by atoms with E-state index in [-0.39, 0.29) is 15.8 Å². The molecule has 0 atom stereocenters. The van der Waals surface area contributed by atoms with Gasteiger partial charge >= 0.3 is 0 Å². The molecule has 0 heterocycles. The third-order valence-corrected chi connectivity index (χ3v) is 9.00. The van der Waals surface area contributed by atoms with E-state index in [1.165, 1.54) is 44.8 Å². The van der Waals surface area contributed by atoms with Crippen LogP contribution in [0.5, 0.6) is 0 Å². The van der Waals surface area contributed by atoms with Crippen LogP contribution in [0.4, 0.5) is 11.4 Å². The van der Waals surface area contributed by atoms with Gasteiger partial charge in [0.1, 0.15) is 6.07 Å². The van der Waals surface area contributed by atoms with Crippen molar-refractivity contribution in [1.29, 1.82) is 5.26 Å². The number of nitriles is 1. The maximum atomic E-state index is 13.1. The molecule has 0 aromatic heterocycles. The van der Waals surface area contributed by atoms with Crippen LogP contribution in [0, 0.1) is 11.3 Å². The van der Waals surface area contributed by atoms with E-state index in [1.807, 2.05) is 11.9 Å². The summed E-state index contributed by atoms with van der Waals surface area (Å²) in [4.78, 5) is 1.94. The summed E-state index contributed by atoms with van der Waals surface area (Å²) in [5, 5.41) is 9.64. The first-order chi connectivity index (χ1) is 15.1. The number of nitrogens with zero attached hydrogens (tertiary/aromatic N) is 3. The van der Waals surface area contributed by atoms with Crippen LogP contribution in [-0.4, -0.2) is 48.3 Å². The van der Waals surface area contributed by atoms with Gasteiger partial charge in [-0.3, -0.25) is 4.72 Å². The molecule has 0 radical (unpaired) electrons. The molecule has 2 aromatic carbocycles. The molecule has 0 bridgehead atoms. The van der Waals surface area contributed by atoms with Crippen LogP contribution in [-0.2, 0) is 20.0 Å². The summed E-state index contributed by atoms with van der Waals surface area (Å²) in [6.07, 6.45) is 5.37. The number of rotatable bonds is 7. The van der Waals surface area contributed by atoms with Gasteiger partial charge in [-0.25, -0.2) is 21.1 Å². The zero-order valence-electron chi connectivity index (χ0n) is 18.4. The van der Waals surface area contributed by atoms with Crippen LogP contribution < -0.4 is 9.62 Å². The minimum absolute atomic E-state index is 0.00523. The Morgan fingerprint density at radius 2 is 1.50 bits per heavy atom. The molecular formula is C22H28N4O4S2. The summed E-state index contributed by atoms with van der Waals surface area (Å²) in [5.41, 5.74) is 1.27. The number of benzene rings is 2. The number of anilines is 2. The maximum absolute atomic E-state index is 13.1. The highest BCUT2D eigenvalue weighted by Crippen LogP contribution is 2.35. The van der Waals surface area contributed by atoms with Crippen LogP contribution in [0.3, 0.4) is 0 Å². The number of nitrogens with one attached hydrogen (secondary N) is 1. The molecule has 1 fully saturated rings. The Bertz CT molecular complexity index is 1210. The predicted octanol–water partition coefficient (Wildman–Crippen LogP) is 3.38. The first-order valence-electron chi connectivity index (χ1n) is 10.4. The summed E-state index contributed by atoms with van der Waals surface area (Å²) in [5.74, 6) is 0. The second-order valence-electron chi connectivity index (χ2n) is 8.08. The van der Waals surface area contributed by atoms with Crippen molar-refractivity contribution < 1.29 is 16.8 Å². The Balaban J connectivity index is 1.95. The van der Waals surface area contributed by atoms with E-state index in [9.17, 15) is 22.1 Å². The van der Waals surface area contributed by atoms with Crippen molar-refractivity contribution in [2.75, 3.05) is 30.8 Å². The SMILES string of the molecule is CN(c1c(C#N)cccc1NS(=O)(=O)c1ccc(S(=O)(=O)N(C)C)cc1)C1CCCCC1. The molecule has 8 nitrogen and oxygen atoms in total. The monoisotopic (exact) mass is 476 g/mol. The molecule has 0 unspecified atom stereocenters. The van der Waals surface area contributed by atoms with Crippen molar-refractivity contribution in [3.8, 4) is 6.07 Å². The third kappa shape index (κ3) is 4.90. The van der Waals surface area contributed by atoms with Crippen LogP contribution in [0.15, 0.2) is 52.3 Å². The van der Waals surface area contributed by atoms with Crippen LogP contribution in [0.1, 0.15) is 37.7 Å². The van der Waals surface area contributed by atoms with E-state index in [0.717, 1.165) is 30.0 Å². The van der Waals surface area contributed by atoms with Crippen LogP contribution in [0.25, 0.3) is 0 Å². The van der Waals surface area contributed by atoms with Gasteiger partial charge in [-0.2, -0.15) is 5.26 Å². The fourth-order valence-corrected chi connectivity index (χ4v) is 5.92. The van der Waals surface area contributed by atoms with Gasteiger partial charge in [0.15, 0.2) is 0 Å². The summed E-state index contributed by atoms with van der Waals surface area (Å²) in [7, 11) is -2.95. The van der Waals surface area contributed by atoms with Crippen molar-refractivity contribution in [2.45, 2.75) is 47.9 Å². The highest BCUT2D eigenvalue weighted by atomic mass is 32.2. The molecule has 32 heavy (non-hydrogen) atoms. The quantitative estimate of drug-likeness (QED) is 0.656.